The Labute approximate surface area is 174 Å². The number of hydrogen-bond acceptors (Lipinski definition) is 5. The van der Waals surface area contributed by atoms with Crippen molar-refractivity contribution in [2.75, 3.05) is 36.4 Å². The molecule has 4 rings (SSSR count). The summed E-state index contributed by atoms with van der Waals surface area (Å²) in [5.41, 5.74) is 8.22. The maximum absolute atomic E-state index is 12.9. The second-order valence-electron chi connectivity index (χ2n) is 7.80. The normalized spacial score (nSPS) is 17.8. The zero-order valence-electron chi connectivity index (χ0n) is 16.5. The lowest BCUT2D eigenvalue weighted by molar-refractivity contribution is -0.914. The third-order valence-corrected chi connectivity index (χ3v) is 7.24. The van der Waals surface area contributed by atoms with E-state index in [-0.39, 0.29) is 17.7 Å². The number of nitrogens with two attached hydrogens (primary N) is 1. The van der Waals surface area contributed by atoms with Crippen molar-refractivity contribution in [2.45, 2.75) is 32.2 Å². The van der Waals surface area contributed by atoms with E-state index < -0.39 is 5.91 Å². The highest BCUT2D eigenvalue weighted by Gasteiger charge is 2.32. The fourth-order valence-electron chi connectivity index (χ4n) is 4.31. The number of quaternary nitrogens is 1. The summed E-state index contributed by atoms with van der Waals surface area (Å²) in [4.78, 5) is 29.5. The van der Waals surface area contributed by atoms with Crippen LogP contribution in [-0.4, -0.2) is 49.1 Å². The number of phenolic OH excluding ortho intramolecular Hbond substituents is 1. The lowest BCUT2D eigenvalue weighted by Crippen LogP contribution is -3.19. The molecule has 1 aliphatic carbocycles. The minimum atomic E-state index is -0.456. The Bertz CT molecular complexity index is 917. The Morgan fingerprint density at radius 2 is 1.90 bits per heavy atom. The summed E-state index contributed by atoms with van der Waals surface area (Å²) < 4.78 is 0. The van der Waals surface area contributed by atoms with Crippen molar-refractivity contribution in [3.63, 3.8) is 0 Å². The van der Waals surface area contributed by atoms with E-state index in [2.05, 4.69) is 10.2 Å². The van der Waals surface area contributed by atoms with E-state index in [0.29, 0.717) is 10.6 Å². The van der Waals surface area contributed by atoms with Crippen molar-refractivity contribution < 1.29 is 19.6 Å². The molecule has 29 heavy (non-hydrogen) atoms. The second-order valence-corrected chi connectivity index (χ2v) is 8.90. The van der Waals surface area contributed by atoms with Crippen LogP contribution in [0.25, 0.3) is 0 Å². The number of aryl methyl sites for hydroxylation is 1. The third kappa shape index (κ3) is 3.95. The van der Waals surface area contributed by atoms with E-state index in [0.717, 1.165) is 56.7 Å². The Morgan fingerprint density at radius 3 is 2.55 bits per heavy atom. The molecule has 1 saturated heterocycles. The largest absolute Gasteiger partial charge is 0.508 e. The second kappa shape index (κ2) is 8.04. The molecule has 1 atom stereocenters. The van der Waals surface area contributed by atoms with Crippen molar-refractivity contribution in [3.05, 3.63) is 40.3 Å². The molecule has 0 unspecified atom stereocenters. The van der Waals surface area contributed by atoms with Gasteiger partial charge < -0.3 is 26.0 Å². The minimum absolute atomic E-state index is 0.0690. The van der Waals surface area contributed by atoms with E-state index >= 15 is 0 Å². The number of rotatable bonds is 5. The summed E-state index contributed by atoms with van der Waals surface area (Å²) in [7, 11) is 0. The number of anilines is 2. The molecule has 2 amide bonds. The van der Waals surface area contributed by atoms with Crippen LogP contribution in [0.1, 0.15) is 34.1 Å². The van der Waals surface area contributed by atoms with Crippen LogP contribution >= 0.6 is 11.3 Å². The molecular formula is C21H27N4O3S+. The molecule has 0 spiro atoms. The van der Waals surface area contributed by atoms with Crippen LogP contribution in [-0.2, 0) is 17.6 Å². The number of piperazine rings is 1. The van der Waals surface area contributed by atoms with Crippen LogP contribution in [0.4, 0.5) is 10.7 Å². The van der Waals surface area contributed by atoms with Crippen LogP contribution in [0.2, 0.25) is 0 Å². The zero-order valence-corrected chi connectivity index (χ0v) is 17.3. The van der Waals surface area contributed by atoms with Gasteiger partial charge in [0.2, 0.25) is 0 Å². The van der Waals surface area contributed by atoms with Crippen molar-refractivity contribution in [2.24, 2.45) is 5.73 Å². The summed E-state index contributed by atoms with van der Waals surface area (Å²) in [6.07, 6.45) is 2.86. The molecule has 8 heteroatoms. The summed E-state index contributed by atoms with van der Waals surface area (Å²) in [5.74, 6) is -0.263. The molecule has 5 N–H and O–H groups in total. The number of fused-ring (bicyclic) bond motifs is 1. The molecule has 1 aliphatic heterocycles. The van der Waals surface area contributed by atoms with Gasteiger partial charge in [0.05, 0.1) is 31.7 Å². The van der Waals surface area contributed by atoms with E-state index in [1.54, 1.807) is 12.1 Å². The molecule has 1 aromatic heterocycles. The van der Waals surface area contributed by atoms with Gasteiger partial charge in [-0.1, -0.05) is 0 Å². The number of carbonyl (C=O) groups is 2. The van der Waals surface area contributed by atoms with Crippen molar-refractivity contribution in [1.29, 1.82) is 0 Å². The topological polar surface area (TPSA) is 100 Å². The molecule has 154 valence electrons. The number of amides is 2. The molecule has 1 fully saturated rings. The fourth-order valence-corrected chi connectivity index (χ4v) is 5.60. The van der Waals surface area contributed by atoms with Crippen LogP contribution in [0, 0.1) is 0 Å². The average Bonchev–Trinajstić information content (AvgIpc) is 3.28. The van der Waals surface area contributed by atoms with Gasteiger partial charge in [-0.05, 0) is 56.0 Å². The number of carbonyl (C=O) groups excluding carboxylic acids is 2. The first kappa shape index (κ1) is 19.7. The van der Waals surface area contributed by atoms with Crippen molar-refractivity contribution in [3.8, 4) is 5.75 Å². The first-order chi connectivity index (χ1) is 13.9. The molecule has 7 nitrogen and oxygen atoms in total. The zero-order chi connectivity index (χ0) is 20.5. The highest BCUT2D eigenvalue weighted by atomic mass is 32.1. The van der Waals surface area contributed by atoms with Gasteiger partial charge in [0, 0.05) is 10.6 Å². The molecular weight excluding hydrogens is 388 g/mol. The number of hydrogen-bond donors (Lipinski definition) is 4. The first-order valence-corrected chi connectivity index (χ1v) is 10.9. The fraction of sp³-hybridized carbons (Fsp3) is 0.429. The Kier molecular flexibility index (Phi) is 5.47. The number of thiophene rings is 1. The number of primary amides is 1. The van der Waals surface area contributed by atoms with Gasteiger partial charge in [0.1, 0.15) is 10.8 Å². The predicted octanol–water partition coefficient (Wildman–Crippen LogP) is 0.773. The van der Waals surface area contributed by atoms with Gasteiger partial charge in [0.25, 0.3) is 11.8 Å². The molecule has 2 aromatic rings. The summed E-state index contributed by atoms with van der Waals surface area (Å²) in [5, 5.41) is 13.0. The summed E-state index contributed by atoms with van der Waals surface area (Å²) in [6.45, 7) is 5.32. The van der Waals surface area contributed by atoms with Gasteiger partial charge in [-0.2, -0.15) is 0 Å². The minimum Gasteiger partial charge on any atom is -0.508 e. The maximum Gasteiger partial charge on any atom is 0.282 e. The molecule has 0 saturated carbocycles. The highest BCUT2D eigenvalue weighted by molar-refractivity contribution is 7.17. The van der Waals surface area contributed by atoms with Crippen LogP contribution in [0.5, 0.6) is 5.75 Å². The van der Waals surface area contributed by atoms with Gasteiger partial charge >= 0.3 is 0 Å². The average molecular weight is 416 g/mol. The van der Waals surface area contributed by atoms with Crippen LogP contribution in [0.3, 0.4) is 0 Å². The Hall–Kier alpha value is -2.58. The SMILES string of the molecule is C[C@H](C(=O)Nc1sc2c(c1C(N)=O)CCC2)[NH+]1CCN(c2ccc(O)cc2)CC1. The first-order valence-electron chi connectivity index (χ1n) is 10.1. The summed E-state index contributed by atoms with van der Waals surface area (Å²) >= 11 is 1.50. The number of nitrogens with zero attached hydrogens (tertiary/aromatic N) is 1. The van der Waals surface area contributed by atoms with E-state index in [4.69, 9.17) is 5.73 Å². The number of benzene rings is 1. The van der Waals surface area contributed by atoms with Crippen LogP contribution < -0.4 is 20.9 Å². The molecule has 2 heterocycles. The molecule has 0 radical (unpaired) electrons. The molecule has 1 aromatic carbocycles. The van der Waals surface area contributed by atoms with E-state index in [1.165, 1.54) is 21.1 Å². The van der Waals surface area contributed by atoms with Crippen molar-refractivity contribution in [1.82, 2.24) is 0 Å². The van der Waals surface area contributed by atoms with Gasteiger partial charge in [-0.3, -0.25) is 9.59 Å². The van der Waals surface area contributed by atoms with E-state index in [9.17, 15) is 14.7 Å². The Morgan fingerprint density at radius 1 is 1.21 bits per heavy atom. The lowest BCUT2D eigenvalue weighted by Gasteiger charge is -2.36. The van der Waals surface area contributed by atoms with Crippen LogP contribution in [0.15, 0.2) is 24.3 Å². The monoisotopic (exact) mass is 415 g/mol. The third-order valence-electron chi connectivity index (χ3n) is 6.03. The number of phenols is 1. The maximum atomic E-state index is 12.9. The Balaban J connectivity index is 1.38. The summed E-state index contributed by atoms with van der Waals surface area (Å²) in [6, 6.07) is 7.00. The lowest BCUT2D eigenvalue weighted by atomic mass is 10.1. The highest BCUT2D eigenvalue weighted by Crippen LogP contribution is 2.38. The molecule has 0 bridgehead atoms. The van der Waals surface area contributed by atoms with Crippen molar-refractivity contribution >= 4 is 33.8 Å². The quantitative estimate of drug-likeness (QED) is 0.580. The van der Waals surface area contributed by atoms with Gasteiger partial charge in [-0.25, -0.2) is 0 Å². The number of aromatic hydroxyl groups is 1. The predicted molar refractivity (Wildman–Crippen MR) is 114 cm³/mol. The molecule has 2 aliphatic rings. The van der Waals surface area contributed by atoms with Gasteiger partial charge in [0.15, 0.2) is 6.04 Å². The number of nitrogens with one attached hydrogen (secondary N) is 2. The van der Waals surface area contributed by atoms with Gasteiger partial charge in [-0.15, -0.1) is 11.3 Å². The smallest absolute Gasteiger partial charge is 0.282 e. The van der Waals surface area contributed by atoms with E-state index in [1.807, 2.05) is 19.1 Å². The standard InChI is InChI=1S/C21H26N4O3S/c1-13(24-9-11-25(12-10-24)14-5-7-15(26)8-6-14)20(28)23-21-18(19(22)27)16-3-2-4-17(16)29-21/h5-8,13,26H,2-4,9-12H2,1H3,(H2,22,27)(H,23,28)/p+1/t13-/m1/s1.